The number of ether oxygens (including phenoxy) is 1. The number of benzene rings is 2. The van der Waals surface area contributed by atoms with E-state index >= 15 is 0 Å². The molecule has 21 heavy (non-hydrogen) atoms. The molecule has 0 aliphatic carbocycles. The number of hydrogen-bond donors (Lipinski definition) is 0. The number of carbonyl (C=O) groups is 1. The van der Waals surface area contributed by atoms with Crippen LogP contribution in [0, 0.1) is 6.92 Å². The Bertz CT molecular complexity index is 704. The molecule has 0 saturated heterocycles. The summed E-state index contributed by atoms with van der Waals surface area (Å²) in [5.74, 6) is -0.743. The van der Waals surface area contributed by atoms with Crippen LogP contribution in [-0.2, 0) is 14.6 Å². The Balaban J connectivity index is 1.92. The lowest BCUT2D eigenvalue weighted by atomic mass is 10.1. The second kappa shape index (κ2) is 6.54. The quantitative estimate of drug-likeness (QED) is 0.797. The minimum Gasteiger partial charge on any atom is -0.461 e. The van der Waals surface area contributed by atoms with Crippen molar-refractivity contribution in [1.29, 1.82) is 0 Å². The van der Waals surface area contributed by atoms with Crippen LogP contribution in [-0.4, -0.2) is 26.7 Å². The van der Waals surface area contributed by atoms with Gasteiger partial charge in [-0.15, -0.1) is 0 Å². The number of aryl methyl sites for hydroxylation is 1. The predicted octanol–water partition coefficient (Wildman–Crippen LogP) is 2.63. The summed E-state index contributed by atoms with van der Waals surface area (Å²) in [6, 6.07) is 15.0. The molecule has 0 aromatic heterocycles. The van der Waals surface area contributed by atoms with Crippen LogP contribution in [0.3, 0.4) is 0 Å². The molecule has 0 aliphatic heterocycles. The maximum atomic E-state index is 12.0. The minimum absolute atomic E-state index is 0.163. The van der Waals surface area contributed by atoms with E-state index in [4.69, 9.17) is 4.74 Å². The molecule has 0 saturated carbocycles. The average Bonchev–Trinajstić information content (AvgIpc) is 2.48. The zero-order chi connectivity index (χ0) is 15.3. The first-order valence-electron chi connectivity index (χ1n) is 6.51. The topological polar surface area (TPSA) is 60.4 Å². The van der Waals surface area contributed by atoms with Gasteiger partial charge in [0.1, 0.15) is 6.61 Å². The van der Waals surface area contributed by atoms with Crippen LogP contribution in [0.15, 0.2) is 59.5 Å². The summed E-state index contributed by atoms with van der Waals surface area (Å²) in [5, 5.41) is 0. The SMILES string of the molecule is Cc1ccc(C(=O)OCCS(=O)(=O)c2ccccc2)cc1. The number of carbonyl (C=O) groups excluding carboxylic acids is 1. The molecular formula is C16H16O4S. The standard InChI is InChI=1S/C16H16O4S/c1-13-7-9-14(10-8-13)16(17)20-11-12-21(18,19)15-5-3-2-4-6-15/h2-10H,11-12H2,1H3. The first-order chi connectivity index (χ1) is 9.99. The van der Waals surface area contributed by atoms with Crippen molar-refractivity contribution < 1.29 is 17.9 Å². The van der Waals surface area contributed by atoms with E-state index in [-0.39, 0.29) is 17.3 Å². The van der Waals surface area contributed by atoms with Gasteiger partial charge in [0.2, 0.25) is 0 Å². The van der Waals surface area contributed by atoms with Gasteiger partial charge >= 0.3 is 5.97 Å². The van der Waals surface area contributed by atoms with E-state index < -0.39 is 15.8 Å². The zero-order valence-corrected chi connectivity index (χ0v) is 12.5. The van der Waals surface area contributed by atoms with Gasteiger partial charge in [-0.1, -0.05) is 35.9 Å². The van der Waals surface area contributed by atoms with Crippen molar-refractivity contribution in [3.63, 3.8) is 0 Å². The monoisotopic (exact) mass is 304 g/mol. The van der Waals surface area contributed by atoms with E-state index in [1.54, 1.807) is 42.5 Å². The largest absolute Gasteiger partial charge is 0.461 e. The Kier molecular flexibility index (Phi) is 4.75. The molecule has 0 spiro atoms. The smallest absolute Gasteiger partial charge is 0.338 e. The van der Waals surface area contributed by atoms with Gasteiger partial charge in [0.15, 0.2) is 9.84 Å². The molecule has 0 N–H and O–H groups in total. The summed E-state index contributed by atoms with van der Waals surface area (Å²) < 4.78 is 29.0. The third-order valence-electron chi connectivity index (χ3n) is 2.97. The third-order valence-corrected chi connectivity index (χ3v) is 4.67. The van der Waals surface area contributed by atoms with Crippen LogP contribution in [0.25, 0.3) is 0 Å². The Morgan fingerprint density at radius 3 is 2.24 bits per heavy atom. The normalized spacial score (nSPS) is 11.1. The van der Waals surface area contributed by atoms with Gasteiger partial charge < -0.3 is 4.74 Å². The van der Waals surface area contributed by atoms with Gasteiger partial charge in [-0.2, -0.15) is 0 Å². The molecular weight excluding hydrogens is 288 g/mol. The van der Waals surface area contributed by atoms with E-state index in [9.17, 15) is 13.2 Å². The van der Waals surface area contributed by atoms with Crippen LogP contribution in [0.5, 0.6) is 0 Å². The molecule has 0 radical (unpaired) electrons. The lowest BCUT2D eigenvalue weighted by molar-refractivity contribution is 0.0529. The molecule has 0 heterocycles. The second-order valence-corrected chi connectivity index (χ2v) is 6.74. The van der Waals surface area contributed by atoms with Crippen LogP contribution in [0.1, 0.15) is 15.9 Å². The van der Waals surface area contributed by atoms with Crippen molar-refractivity contribution in [2.75, 3.05) is 12.4 Å². The fraction of sp³-hybridized carbons (Fsp3) is 0.188. The zero-order valence-electron chi connectivity index (χ0n) is 11.7. The Morgan fingerprint density at radius 1 is 1.00 bits per heavy atom. The second-order valence-electron chi connectivity index (χ2n) is 4.63. The Hall–Kier alpha value is -2.14. The molecule has 0 aliphatic rings. The van der Waals surface area contributed by atoms with E-state index in [1.165, 1.54) is 12.1 Å². The van der Waals surface area contributed by atoms with Gasteiger partial charge in [0, 0.05) is 0 Å². The van der Waals surface area contributed by atoms with Gasteiger partial charge in [-0.05, 0) is 31.2 Å². The maximum Gasteiger partial charge on any atom is 0.338 e. The average molecular weight is 304 g/mol. The van der Waals surface area contributed by atoms with Crippen molar-refractivity contribution in [1.82, 2.24) is 0 Å². The summed E-state index contributed by atoms with van der Waals surface area (Å²) in [6.45, 7) is 1.76. The van der Waals surface area contributed by atoms with Crippen LogP contribution < -0.4 is 0 Å². The summed E-state index contributed by atoms with van der Waals surface area (Å²) in [6.07, 6.45) is 0. The van der Waals surface area contributed by atoms with Crippen molar-refractivity contribution >= 4 is 15.8 Å². The lowest BCUT2D eigenvalue weighted by Crippen LogP contribution is -2.15. The molecule has 2 aromatic rings. The number of hydrogen-bond acceptors (Lipinski definition) is 4. The fourth-order valence-electron chi connectivity index (χ4n) is 1.76. The molecule has 110 valence electrons. The highest BCUT2D eigenvalue weighted by atomic mass is 32.2. The number of esters is 1. The molecule has 2 rings (SSSR count). The molecule has 0 atom stereocenters. The van der Waals surface area contributed by atoms with Gasteiger partial charge in [-0.3, -0.25) is 0 Å². The van der Waals surface area contributed by atoms with Crippen LogP contribution in [0.4, 0.5) is 0 Å². The van der Waals surface area contributed by atoms with Gasteiger partial charge in [-0.25, -0.2) is 13.2 Å². The number of rotatable bonds is 5. The van der Waals surface area contributed by atoms with Crippen molar-refractivity contribution in [2.45, 2.75) is 11.8 Å². The summed E-state index contributed by atoms with van der Waals surface area (Å²) in [4.78, 5) is 12.0. The van der Waals surface area contributed by atoms with Crippen LogP contribution >= 0.6 is 0 Å². The van der Waals surface area contributed by atoms with Gasteiger partial charge in [0.05, 0.1) is 16.2 Å². The molecule has 5 heteroatoms. The first kappa shape index (κ1) is 15.3. The molecule has 4 nitrogen and oxygen atoms in total. The van der Waals surface area contributed by atoms with E-state index in [1.807, 2.05) is 6.92 Å². The van der Waals surface area contributed by atoms with Crippen molar-refractivity contribution in [2.24, 2.45) is 0 Å². The summed E-state index contributed by atoms with van der Waals surface area (Å²) >= 11 is 0. The Labute approximate surface area is 124 Å². The van der Waals surface area contributed by atoms with Crippen LogP contribution in [0.2, 0.25) is 0 Å². The lowest BCUT2D eigenvalue weighted by Gasteiger charge is -2.06. The van der Waals surface area contributed by atoms with E-state index in [2.05, 4.69) is 0 Å². The van der Waals surface area contributed by atoms with E-state index in [0.717, 1.165) is 5.56 Å². The maximum absolute atomic E-state index is 12.0. The highest BCUT2D eigenvalue weighted by molar-refractivity contribution is 7.91. The first-order valence-corrected chi connectivity index (χ1v) is 8.16. The predicted molar refractivity (Wildman–Crippen MR) is 80.0 cm³/mol. The Morgan fingerprint density at radius 2 is 1.62 bits per heavy atom. The molecule has 0 amide bonds. The van der Waals surface area contributed by atoms with E-state index in [0.29, 0.717) is 5.56 Å². The molecule has 0 bridgehead atoms. The molecule has 2 aromatic carbocycles. The van der Waals surface area contributed by atoms with Gasteiger partial charge in [0.25, 0.3) is 0 Å². The molecule has 0 fully saturated rings. The summed E-state index contributed by atoms with van der Waals surface area (Å²) in [7, 11) is -3.42. The highest BCUT2D eigenvalue weighted by Crippen LogP contribution is 2.10. The third kappa shape index (κ3) is 4.16. The summed E-state index contributed by atoms with van der Waals surface area (Å²) in [5.41, 5.74) is 1.45. The van der Waals surface area contributed by atoms with Crippen molar-refractivity contribution in [3.05, 3.63) is 65.7 Å². The fourth-order valence-corrected chi connectivity index (χ4v) is 2.87. The number of sulfone groups is 1. The van der Waals surface area contributed by atoms with Crippen molar-refractivity contribution in [3.8, 4) is 0 Å². The molecule has 0 unspecified atom stereocenters. The minimum atomic E-state index is -3.42. The highest BCUT2D eigenvalue weighted by Gasteiger charge is 2.15.